The molecule has 8 heteroatoms. The third kappa shape index (κ3) is 5.71. The number of nitrogens with zero attached hydrogens (tertiary/aromatic N) is 2. The zero-order valence-electron chi connectivity index (χ0n) is 18.0. The van der Waals surface area contributed by atoms with E-state index in [1.165, 1.54) is 16.4 Å². The molecule has 1 aliphatic rings. The summed E-state index contributed by atoms with van der Waals surface area (Å²) in [6.07, 6.45) is 2.14. The van der Waals surface area contributed by atoms with Crippen molar-refractivity contribution in [3.63, 3.8) is 0 Å². The van der Waals surface area contributed by atoms with Crippen LogP contribution >= 0.6 is 0 Å². The lowest BCUT2D eigenvalue weighted by Gasteiger charge is -2.18. The molecule has 0 unspecified atom stereocenters. The minimum Gasteiger partial charge on any atom is -0.342 e. The van der Waals surface area contributed by atoms with Crippen LogP contribution in [0.3, 0.4) is 0 Å². The van der Waals surface area contributed by atoms with Crippen LogP contribution < -0.4 is 5.32 Å². The van der Waals surface area contributed by atoms with Gasteiger partial charge in [-0.15, -0.1) is 0 Å². The molecule has 1 aliphatic heterocycles. The summed E-state index contributed by atoms with van der Waals surface area (Å²) in [5, 5.41) is 2.80. The first-order chi connectivity index (χ1) is 14.8. The summed E-state index contributed by atoms with van der Waals surface area (Å²) in [6, 6.07) is 15.5. The van der Waals surface area contributed by atoms with E-state index < -0.39 is 10.0 Å². The molecular weight excluding hydrogens is 414 g/mol. The van der Waals surface area contributed by atoms with Crippen LogP contribution in [-0.2, 0) is 26.2 Å². The number of unbranched alkanes of at least 4 members (excludes halogenated alkanes) is 1. The van der Waals surface area contributed by atoms with Crippen LogP contribution in [0.15, 0.2) is 59.5 Å². The smallest absolute Gasteiger partial charge is 0.243 e. The van der Waals surface area contributed by atoms with Crippen LogP contribution in [0.5, 0.6) is 0 Å². The summed E-state index contributed by atoms with van der Waals surface area (Å²) in [4.78, 5) is 26.5. The average Bonchev–Trinajstić information content (AvgIpc) is 3.14. The third-order valence-electron chi connectivity index (χ3n) is 5.44. The first kappa shape index (κ1) is 23.0. The van der Waals surface area contributed by atoms with Crippen molar-refractivity contribution in [1.82, 2.24) is 9.21 Å². The summed E-state index contributed by atoms with van der Waals surface area (Å²) >= 11 is 0. The standard InChI is InChI=1S/C23H29N3O4S/c1-3-4-14-26-17-19(15-22(26)27)23(28)24-20-10-12-21(13-11-20)31(29,30)25(2)16-18-8-6-5-7-9-18/h5-13,19H,3-4,14-17H2,1-2H3,(H,24,28)/t19-/m1/s1. The molecule has 0 spiro atoms. The predicted molar refractivity (Wildman–Crippen MR) is 120 cm³/mol. The first-order valence-corrected chi connectivity index (χ1v) is 11.9. The molecule has 0 bridgehead atoms. The van der Waals surface area contributed by atoms with Crippen LogP contribution in [0.2, 0.25) is 0 Å². The Hall–Kier alpha value is -2.71. The SMILES string of the molecule is CCCCN1C[C@H](C(=O)Nc2ccc(S(=O)(=O)N(C)Cc3ccccc3)cc2)CC1=O. The molecule has 1 N–H and O–H groups in total. The van der Waals surface area contributed by atoms with E-state index in [9.17, 15) is 18.0 Å². The first-order valence-electron chi connectivity index (χ1n) is 10.5. The Morgan fingerprint density at radius 2 is 1.81 bits per heavy atom. The highest BCUT2D eigenvalue weighted by Gasteiger charge is 2.33. The van der Waals surface area contributed by atoms with Gasteiger partial charge in [0.2, 0.25) is 21.8 Å². The Labute approximate surface area is 184 Å². The maximum absolute atomic E-state index is 12.8. The Balaban J connectivity index is 1.60. The number of benzene rings is 2. The highest BCUT2D eigenvalue weighted by molar-refractivity contribution is 7.89. The summed E-state index contributed by atoms with van der Waals surface area (Å²) < 4.78 is 27.0. The van der Waals surface area contributed by atoms with E-state index in [0.29, 0.717) is 18.8 Å². The number of anilines is 1. The van der Waals surface area contributed by atoms with Crippen molar-refractivity contribution >= 4 is 27.5 Å². The minimum atomic E-state index is -3.65. The van der Waals surface area contributed by atoms with E-state index in [4.69, 9.17) is 0 Å². The molecule has 2 aromatic carbocycles. The largest absolute Gasteiger partial charge is 0.342 e. The highest BCUT2D eigenvalue weighted by atomic mass is 32.2. The lowest BCUT2D eigenvalue weighted by Crippen LogP contribution is -2.29. The number of carbonyl (C=O) groups is 2. The Morgan fingerprint density at radius 3 is 2.45 bits per heavy atom. The Morgan fingerprint density at radius 1 is 1.13 bits per heavy atom. The quantitative estimate of drug-likeness (QED) is 0.645. The van der Waals surface area contributed by atoms with Gasteiger partial charge in [-0.05, 0) is 36.2 Å². The number of sulfonamides is 1. The molecule has 0 radical (unpaired) electrons. The van der Waals surface area contributed by atoms with Crippen molar-refractivity contribution in [3.8, 4) is 0 Å². The van der Waals surface area contributed by atoms with E-state index >= 15 is 0 Å². The van der Waals surface area contributed by atoms with Crippen LogP contribution in [0.4, 0.5) is 5.69 Å². The van der Waals surface area contributed by atoms with Crippen molar-refractivity contribution in [1.29, 1.82) is 0 Å². The highest BCUT2D eigenvalue weighted by Crippen LogP contribution is 2.22. The maximum Gasteiger partial charge on any atom is 0.243 e. The van der Waals surface area contributed by atoms with Gasteiger partial charge in [0, 0.05) is 38.8 Å². The Kier molecular flexibility index (Phi) is 7.46. The Bertz CT molecular complexity index is 1010. The van der Waals surface area contributed by atoms with Crippen molar-refractivity contribution in [2.45, 2.75) is 37.6 Å². The van der Waals surface area contributed by atoms with Gasteiger partial charge >= 0.3 is 0 Å². The van der Waals surface area contributed by atoms with Gasteiger partial charge in [0.25, 0.3) is 0 Å². The number of likely N-dealkylation sites (tertiary alicyclic amines) is 1. The zero-order chi connectivity index (χ0) is 22.4. The van der Waals surface area contributed by atoms with Crippen molar-refractivity contribution in [3.05, 3.63) is 60.2 Å². The van der Waals surface area contributed by atoms with Crippen molar-refractivity contribution < 1.29 is 18.0 Å². The number of nitrogens with one attached hydrogen (secondary N) is 1. The summed E-state index contributed by atoms with van der Waals surface area (Å²) in [7, 11) is -2.11. The monoisotopic (exact) mass is 443 g/mol. The molecule has 166 valence electrons. The normalized spacial score (nSPS) is 16.7. The van der Waals surface area contributed by atoms with Crippen LogP contribution in [0, 0.1) is 5.92 Å². The van der Waals surface area contributed by atoms with Crippen LogP contribution in [0.1, 0.15) is 31.7 Å². The second kappa shape index (κ2) is 10.1. The topological polar surface area (TPSA) is 86.8 Å². The fraction of sp³-hybridized carbons (Fsp3) is 0.391. The van der Waals surface area contributed by atoms with Gasteiger partial charge in [0.1, 0.15) is 0 Å². The molecule has 2 amide bonds. The second-order valence-electron chi connectivity index (χ2n) is 7.85. The van der Waals surface area contributed by atoms with Gasteiger partial charge in [-0.25, -0.2) is 8.42 Å². The van der Waals surface area contributed by atoms with Gasteiger partial charge in [-0.3, -0.25) is 9.59 Å². The van der Waals surface area contributed by atoms with Gasteiger partial charge in [-0.1, -0.05) is 43.7 Å². The lowest BCUT2D eigenvalue weighted by atomic mass is 10.1. The average molecular weight is 444 g/mol. The zero-order valence-corrected chi connectivity index (χ0v) is 18.8. The van der Waals surface area contributed by atoms with Gasteiger partial charge in [0.05, 0.1) is 10.8 Å². The maximum atomic E-state index is 12.8. The fourth-order valence-electron chi connectivity index (χ4n) is 3.57. The fourth-order valence-corrected chi connectivity index (χ4v) is 4.73. The minimum absolute atomic E-state index is 0.0106. The summed E-state index contributed by atoms with van der Waals surface area (Å²) in [6.45, 7) is 3.45. The molecule has 3 rings (SSSR count). The van der Waals surface area contributed by atoms with E-state index in [0.717, 1.165) is 18.4 Å². The molecule has 0 aromatic heterocycles. The molecule has 1 fully saturated rings. The second-order valence-corrected chi connectivity index (χ2v) is 9.90. The van der Waals surface area contributed by atoms with Gasteiger partial charge in [-0.2, -0.15) is 4.31 Å². The molecule has 7 nitrogen and oxygen atoms in total. The van der Waals surface area contributed by atoms with E-state index in [1.54, 1.807) is 24.1 Å². The van der Waals surface area contributed by atoms with E-state index in [-0.39, 0.29) is 35.6 Å². The lowest BCUT2D eigenvalue weighted by molar-refractivity contribution is -0.128. The predicted octanol–water partition coefficient (Wildman–Crippen LogP) is 3.09. The van der Waals surface area contributed by atoms with E-state index in [1.807, 2.05) is 30.3 Å². The van der Waals surface area contributed by atoms with E-state index in [2.05, 4.69) is 12.2 Å². The van der Waals surface area contributed by atoms with Crippen LogP contribution in [0.25, 0.3) is 0 Å². The molecule has 2 aromatic rings. The van der Waals surface area contributed by atoms with Gasteiger partial charge in [0.15, 0.2) is 0 Å². The molecule has 1 atom stereocenters. The summed E-state index contributed by atoms with van der Waals surface area (Å²) in [5.74, 6) is -0.592. The summed E-state index contributed by atoms with van der Waals surface area (Å²) in [5.41, 5.74) is 1.41. The van der Waals surface area contributed by atoms with Crippen molar-refractivity contribution in [2.75, 3.05) is 25.5 Å². The molecule has 0 aliphatic carbocycles. The van der Waals surface area contributed by atoms with Crippen molar-refractivity contribution in [2.24, 2.45) is 5.92 Å². The number of hydrogen-bond acceptors (Lipinski definition) is 4. The molecule has 1 heterocycles. The molecule has 1 saturated heterocycles. The van der Waals surface area contributed by atoms with Crippen LogP contribution in [-0.4, -0.2) is 49.6 Å². The molecule has 31 heavy (non-hydrogen) atoms. The molecular formula is C23H29N3O4S. The number of rotatable bonds is 9. The number of amides is 2. The molecule has 0 saturated carbocycles. The number of carbonyl (C=O) groups excluding carboxylic acids is 2. The van der Waals surface area contributed by atoms with Gasteiger partial charge < -0.3 is 10.2 Å². The number of hydrogen-bond donors (Lipinski definition) is 1. The third-order valence-corrected chi connectivity index (χ3v) is 7.26.